The van der Waals surface area contributed by atoms with Gasteiger partial charge in [0.15, 0.2) is 8.32 Å². The van der Waals surface area contributed by atoms with Crippen LogP contribution in [-0.4, -0.2) is 32.3 Å². The Balaban J connectivity index is 2.80. The molecule has 1 fully saturated rings. The SMILES string of the molecule is C=C[C@@H]1CC(=O)O[C@@H]1C[C@](C)(CCC=O)O[Si](C)(C)C. The van der Waals surface area contributed by atoms with Gasteiger partial charge in [0, 0.05) is 18.8 Å². The normalized spacial score (nSPS) is 25.9. The quantitative estimate of drug-likeness (QED) is 0.299. The summed E-state index contributed by atoms with van der Waals surface area (Å²) < 4.78 is 11.7. The molecule has 0 saturated carbocycles. The smallest absolute Gasteiger partial charge is 0.306 e. The molecule has 0 bridgehead atoms. The Morgan fingerprint density at radius 2 is 2.15 bits per heavy atom. The van der Waals surface area contributed by atoms with Crippen LogP contribution in [0.5, 0.6) is 0 Å². The Hall–Kier alpha value is -0.943. The molecule has 1 aliphatic rings. The first-order chi connectivity index (χ1) is 9.19. The molecular formula is C15H26O4Si. The highest BCUT2D eigenvalue weighted by molar-refractivity contribution is 6.69. The maximum Gasteiger partial charge on any atom is 0.306 e. The van der Waals surface area contributed by atoms with E-state index in [1.807, 2.05) is 6.92 Å². The van der Waals surface area contributed by atoms with Gasteiger partial charge in [-0.25, -0.2) is 0 Å². The van der Waals surface area contributed by atoms with Crippen molar-refractivity contribution in [1.82, 2.24) is 0 Å². The molecule has 5 heteroatoms. The van der Waals surface area contributed by atoms with Crippen LogP contribution in [0.15, 0.2) is 12.7 Å². The van der Waals surface area contributed by atoms with Gasteiger partial charge in [-0.05, 0) is 33.0 Å². The van der Waals surface area contributed by atoms with Crippen molar-refractivity contribution < 1.29 is 18.8 Å². The Morgan fingerprint density at radius 3 is 2.65 bits per heavy atom. The highest BCUT2D eigenvalue weighted by Gasteiger charge is 2.40. The molecule has 1 aliphatic heterocycles. The molecule has 0 amide bonds. The molecule has 1 saturated heterocycles. The number of rotatable bonds is 8. The van der Waals surface area contributed by atoms with Gasteiger partial charge in [0.2, 0.25) is 0 Å². The minimum Gasteiger partial charge on any atom is -0.462 e. The van der Waals surface area contributed by atoms with Gasteiger partial charge < -0.3 is 14.0 Å². The molecule has 0 aromatic rings. The zero-order valence-corrected chi connectivity index (χ0v) is 14.0. The van der Waals surface area contributed by atoms with Crippen LogP contribution in [0.2, 0.25) is 19.6 Å². The van der Waals surface area contributed by atoms with E-state index >= 15 is 0 Å². The zero-order chi connectivity index (χ0) is 15.4. The van der Waals surface area contributed by atoms with Crippen molar-refractivity contribution in [2.75, 3.05) is 0 Å². The molecule has 0 radical (unpaired) electrons. The van der Waals surface area contributed by atoms with Gasteiger partial charge in [-0.1, -0.05) is 6.08 Å². The molecule has 20 heavy (non-hydrogen) atoms. The second kappa shape index (κ2) is 6.67. The van der Waals surface area contributed by atoms with Crippen LogP contribution in [0, 0.1) is 5.92 Å². The highest BCUT2D eigenvalue weighted by atomic mass is 28.4. The van der Waals surface area contributed by atoms with Gasteiger partial charge in [0.05, 0.1) is 12.0 Å². The monoisotopic (exact) mass is 298 g/mol. The summed E-state index contributed by atoms with van der Waals surface area (Å²) in [5.74, 6) is -0.131. The fourth-order valence-corrected chi connectivity index (χ4v) is 4.44. The molecule has 0 aromatic heterocycles. The lowest BCUT2D eigenvalue weighted by atomic mass is 9.88. The summed E-state index contributed by atoms with van der Waals surface area (Å²) in [6.07, 6.45) is 4.63. The Morgan fingerprint density at radius 1 is 1.50 bits per heavy atom. The molecule has 0 N–H and O–H groups in total. The largest absolute Gasteiger partial charge is 0.462 e. The van der Waals surface area contributed by atoms with Crippen molar-refractivity contribution >= 4 is 20.6 Å². The Bertz CT molecular complexity index is 375. The second-order valence-corrected chi connectivity index (χ2v) is 11.1. The number of carbonyl (C=O) groups excluding carboxylic acids is 2. The van der Waals surface area contributed by atoms with Crippen molar-refractivity contribution in [3.05, 3.63) is 12.7 Å². The van der Waals surface area contributed by atoms with E-state index in [4.69, 9.17) is 9.16 Å². The third-order valence-electron chi connectivity index (χ3n) is 3.44. The standard InChI is InChI=1S/C15H26O4Si/c1-6-12-10-14(17)18-13(12)11-15(2,8-7-9-16)19-20(3,4)5/h6,9,12-13H,1,7-8,10-11H2,2-5H3/t12-,13-,15+/m1/s1. The third-order valence-corrected chi connectivity index (χ3v) is 4.55. The maximum absolute atomic E-state index is 11.4. The molecule has 0 unspecified atom stereocenters. The van der Waals surface area contributed by atoms with Crippen LogP contribution in [0.3, 0.4) is 0 Å². The molecule has 1 rings (SSSR count). The molecule has 114 valence electrons. The molecule has 0 aliphatic carbocycles. The first kappa shape index (κ1) is 17.1. The van der Waals surface area contributed by atoms with Crippen molar-refractivity contribution in [3.63, 3.8) is 0 Å². The number of carbonyl (C=O) groups is 2. The average Bonchev–Trinajstić information content (AvgIpc) is 2.64. The summed E-state index contributed by atoms with van der Waals surface area (Å²) in [6, 6.07) is 0. The molecule has 0 aromatic carbocycles. The minimum atomic E-state index is -1.75. The predicted octanol–water partition coefficient (Wildman–Crippen LogP) is 3.08. The average molecular weight is 298 g/mol. The van der Waals surface area contributed by atoms with Crippen LogP contribution in [0.1, 0.15) is 32.6 Å². The van der Waals surface area contributed by atoms with Crippen LogP contribution in [-0.2, 0) is 18.8 Å². The van der Waals surface area contributed by atoms with Crippen LogP contribution < -0.4 is 0 Å². The van der Waals surface area contributed by atoms with Gasteiger partial charge in [-0.2, -0.15) is 0 Å². The Kier molecular flexibility index (Phi) is 5.71. The van der Waals surface area contributed by atoms with Crippen LogP contribution in [0.4, 0.5) is 0 Å². The summed E-state index contributed by atoms with van der Waals surface area (Å²) in [7, 11) is -1.75. The summed E-state index contributed by atoms with van der Waals surface area (Å²) in [6.45, 7) is 12.2. The lowest BCUT2D eigenvalue weighted by Gasteiger charge is -2.38. The molecule has 3 atom stereocenters. The fourth-order valence-electron chi connectivity index (χ4n) is 2.78. The topological polar surface area (TPSA) is 52.6 Å². The van der Waals surface area contributed by atoms with Crippen LogP contribution in [0.25, 0.3) is 0 Å². The zero-order valence-electron chi connectivity index (χ0n) is 13.0. The van der Waals surface area contributed by atoms with Crippen molar-refractivity contribution in [2.45, 2.75) is 64.0 Å². The van der Waals surface area contributed by atoms with E-state index in [9.17, 15) is 9.59 Å². The second-order valence-electron chi connectivity index (χ2n) is 6.71. The van der Waals surface area contributed by atoms with Gasteiger partial charge in [0.1, 0.15) is 12.4 Å². The molecule has 1 heterocycles. The summed E-state index contributed by atoms with van der Waals surface area (Å²) in [5.41, 5.74) is -0.429. The van der Waals surface area contributed by atoms with E-state index in [0.717, 1.165) is 6.29 Å². The number of ether oxygens (including phenoxy) is 1. The van der Waals surface area contributed by atoms with E-state index in [0.29, 0.717) is 25.7 Å². The summed E-state index contributed by atoms with van der Waals surface area (Å²) >= 11 is 0. The van der Waals surface area contributed by atoms with E-state index in [2.05, 4.69) is 26.2 Å². The Labute approximate surface area is 122 Å². The van der Waals surface area contributed by atoms with Crippen molar-refractivity contribution in [3.8, 4) is 0 Å². The van der Waals surface area contributed by atoms with Crippen LogP contribution >= 0.6 is 0 Å². The molecule has 0 spiro atoms. The number of cyclic esters (lactones) is 1. The van der Waals surface area contributed by atoms with Gasteiger partial charge in [0.25, 0.3) is 0 Å². The minimum absolute atomic E-state index is 0.0447. The van der Waals surface area contributed by atoms with E-state index < -0.39 is 13.9 Å². The van der Waals surface area contributed by atoms with Gasteiger partial charge >= 0.3 is 5.97 Å². The lowest BCUT2D eigenvalue weighted by molar-refractivity contribution is -0.143. The predicted molar refractivity (Wildman–Crippen MR) is 80.9 cm³/mol. The molecular weight excluding hydrogens is 272 g/mol. The van der Waals surface area contributed by atoms with E-state index in [-0.39, 0.29) is 18.0 Å². The number of esters is 1. The fraction of sp³-hybridized carbons (Fsp3) is 0.733. The lowest BCUT2D eigenvalue weighted by Crippen LogP contribution is -2.43. The molecule has 4 nitrogen and oxygen atoms in total. The number of hydrogen-bond donors (Lipinski definition) is 0. The van der Waals surface area contributed by atoms with Crippen molar-refractivity contribution in [2.24, 2.45) is 5.92 Å². The first-order valence-electron chi connectivity index (χ1n) is 7.15. The maximum atomic E-state index is 11.4. The van der Waals surface area contributed by atoms with E-state index in [1.165, 1.54) is 0 Å². The van der Waals surface area contributed by atoms with Gasteiger partial charge in [-0.3, -0.25) is 4.79 Å². The van der Waals surface area contributed by atoms with Crippen molar-refractivity contribution in [1.29, 1.82) is 0 Å². The number of hydrogen-bond acceptors (Lipinski definition) is 4. The van der Waals surface area contributed by atoms with Gasteiger partial charge in [-0.15, -0.1) is 6.58 Å². The third kappa shape index (κ3) is 5.21. The number of aldehydes is 1. The van der Waals surface area contributed by atoms with E-state index in [1.54, 1.807) is 6.08 Å². The highest BCUT2D eigenvalue weighted by Crippen LogP contribution is 2.35. The first-order valence-corrected chi connectivity index (χ1v) is 10.6. The summed E-state index contributed by atoms with van der Waals surface area (Å²) in [4.78, 5) is 22.1. The summed E-state index contributed by atoms with van der Waals surface area (Å²) in [5, 5.41) is 0.